The summed E-state index contributed by atoms with van der Waals surface area (Å²) in [5, 5.41) is 12.4. The van der Waals surface area contributed by atoms with E-state index in [1.165, 1.54) is 12.1 Å². The molecule has 2 aliphatic rings. The molecule has 0 spiro atoms. The maximum atomic E-state index is 14.4. The number of anilines is 2. The number of aromatic nitrogens is 4. The fraction of sp³-hybridized carbons (Fsp3) is 0.357. The van der Waals surface area contributed by atoms with Crippen LogP contribution in [-0.2, 0) is 4.74 Å². The Kier molecular flexibility index (Phi) is 6.38. The average molecular weight is 550 g/mol. The number of hydrogen-bond donors (Lipinski definition) is 2. The number of carbonyl (C=O) groups excluding carboxylic acids is 1. The van der Waals surface area contributed by atoms with E-state index in [2.05, 4.69) is 34.3 Å². The van der Waals surface area contributed by atoms with Crippen LogP contribution in [0.2, 0.25) is 0 Å². The normalized spacial score (nSPS) is 20.4. The van der Waals surface area contributed by atoms with E-state index < -0.39 is 28.8 Å². The van der Waals surface area contributed by atoms with Gasteiger partial charge >= 0.3 is 0 Å². The number of hydrogen-bond acceptors (Lipinski definition) is 7. The van der Waals surface area contributed by atoms with Crippen LogP contribution in [-0.4, -0.2) is 57.8 Å². The Hall–Kier alpha value is -4.16. The Balaban J connectivity index is 1.41. The van der Waals surface area contributed by atoms with Gasteiger partial charge in [0.15, 0.2) is 11.6 Å². The van der Waals surface area contributed by atoms with Crippen molar-refractivity contribution in [2.75, 3.05) is 36.5 Å². The molecule has 2 atom stereocenters. The molecular weight excluding hydrogens is 520 g/mol. The highest BCUT2D eigenvalue weighted by atomic mass is 19.1. The molecular formula is C28H29F2N7O3. The number of halogens is 2. The second-order valence-electron chi connectivity index (χ2n) is 11.0. The average Bonchev–Trinajstić information content (AvgIpc) is 3.64. The number of nitrogens with one attached hydrogen (secondary N) is 1. The molecule has 2 aromatic heterocycles. The molecule has 2 aliphatic heterocycles. The van der Waals surface area contributed by atoms with Crippen molar-refractivity contribution < 1.29 is 18.3 Å². The Labute approximate surface area is 228 Å². The number of benzene rings is 2. The monoisotopic (exact) mass is 549 g/mol. The zero-order chi connectivity index (χ0) is 28.2. The number of nitrogens with two attached hydrogens (primary N) is 1. The second kappa shape index (κ2) is 9.79. The number of fused-ring (bicyclic) bond motifs is 1. The van der Waals surface area contributed by atoms with Crippen molar-refractivity contribution in [1.82, 2.24) is 19.6 Å². The highest BCUT2D eigenvalue weighted by molar-refractivity contribution is 6.09. The molecule has 0 radical (unpaired) electrons. The van der Waals surface area contributed by atoms with Crippen LogP contribution in [0.1, 0.15) is 36.8 Å². The lowest BCUT2D eigenvalue weighted by Crippen LogP contribution is -2.35. The van der Waals surface area contributed by atoms with E-state index in [1.807, 2.05) is 10.7 Å². The fourth-order valence-corrected chi connectivity index (χ4v) is 5.45. The summed E-state index contributed by atoms with van der Waals surface area (Å²) < 4.78 is 36.9. The van der Waals surface area contributed by atoms with Gasteiger partial charge in [-0.25, -0.2) is 8.78 Å². The molecule has 2 saturated heterocycles. The third-order valence-corrected chi connectivity index (χ3v) is 7.77. The standard InChI is InChI=1S/C28H29F2N7O3/c1-28(2)15-35(13-23(28)31)25-17-12-32-36(16-10-11-40-14-16)22(17)8-6-20(25)33-27(39)21-7-9-24(38)37(34-21)26-18(29)4-3-5-19(26)30/h3-9,12,16,23H,10-11,13-15,31H2,1-2H3,(H,33,39)/t16-,23+/m1/s1. The van der Waals surface area contributed by atoms with Gasteiger partial charge in [0, 0.05) is 37.2 Å². The van der Waals surface area contributed by atoms with Crippen LogP contribution < -0.4 is 21.5 Å². The third-order valence-electron chi connectivity index (χ3n) is 7.77. The predicted octanol–water partition coefficient (Wildman–Crippen LogP) is 3.25. The first-order valence-corrected chi connectivity index (χ1v) is 13.1. The summed E-state index contributed by atoms with van der Waals surface area (Å²) in [7, 11) is 0. The van der Waals surface area contributed by atoms with Crippen LogP contribution in [0.3, 0.4) is 0 Å². The lowest BCUT2D eigenvalue weighted by atomic mass is 9.89. The molecule has 4 aromatic rings. The maximum absolute atomic E-state index is 14.4. The van der Waals surface area contributed by atoms with Crippen molar-refractivity contribution in [1.29, 1.82) is 0 Å². The van der Waals surface area contributed by atoms with Crippen molar-refractivity contribution in [3.8, 4) is 5.69 Å². The van der Waals surface area contributed by atoms with Crippen LogP contribution in [0.5, 0.6) is 0 Å². The van der Waals surface area contributed by atoms with Crippen molar-refractivity contribution in [2.24, 2.45) is 11.1 Å². The summed E-state index contributed by atoms with van der Waals surface area (Å²) in [6.07, 6.45) is 2.64. The second-order valence-corrected chi connectivity index (χ2v) is 11.0. The van der Waals surface area contributed by atoms with E-state index in [1.54, 1.807) is 12.3 Å². The Morgan fingerprint density at radius 3 is 2.58 bits per heavy atom. The van der Waals surface area contributed by atoms with Gasteiger partial charge in [0.2, 0.25) is 0 Å². The van der Waals surface area contributed by atoms with Crippen LogP contribution >= 0.6 is 0 Å². The van der Waals surface area contributed by atoms with Crippen LogP contribution in [0.15, 0.2) is 53.5 Å². The SMILES string of the molecule is CC1(C)CN(c2c(NC(=O)c3ccc(=O)n(-c4c(F)cccc4F)n3)ccc3c2cnn3[C@@H]2CCOC2)C[C@@H]1N. The Bertz CT molecular complexity index is 1660. The number of amides is 1. The molecule has 0 unspecified atom stereocenters. The molecule has 0 bridgehead atoms. The minimum Gasteiger partial charge on any atom is -0.379 e. The van der Waals surface area contributed by atoms with E-state index in [0.717, 1.165) is 41.2 Å². The minimum absolute atomic E-state index is 0.0922. The molecule has 0 aliphatic carbocycles. The summed E-state index contributed by atoms with van der Waals surface area (Å²) in [6.45, 7) is 6.69. The molecule has 4 heterocycles. The molecule has 2 aromatic carbocycles. The zero-order valence-electron chi connectivity index (χ0n) is 22.1. The van der Waals surface area contributed by atoms with Crippen LogP contribution in [0.4, 0.5) is 20.2 Å². The summed E-state index contributed by atoms with van der Waals surface area (Å²) in [5.74, 6) is -2.60. The molecule has 0 saturated carbocycles. The molecule has 12 heteroatoms. The van der Waals surface area contributed by atoms with E-state index in [0.29, 0.717) is 36.7 Å². The summed E-state index contributed by atoms with van der Waals surface area (Å²) in [5.41, 5.74) is 6.86. The molecule has 2 fully saturated rings. The molecule has 6 rings (SSSR count). The predicted molar refractivity (Wildman–Crippen MR) is 146 cm³/mol. The van der Waals surface area contributed by atoms with Gasteiger partial charge in [0.05, 0.1) is 35.7 Å². The van der Waals surface area contributed by atoms with Crippen molar-refractivity contribution in [2.45, 2.75) is 32.4 Å². The summed E-state index contributed by atoms with van der Waals surface area (Å²) >= 11 is 0. The number of rotatable bonds is 5. The topological polar surface area (TPSA) is 120 Å². The molecule has 3 N–H and O–H groups in total. The highest BCUT2D eigenvalue weighted by Crippen LogP contribution is 2.41. The minimum atomic E-state index is -0.974. The zero-order valence-corrected chi connectivity index (χ0v) is 22.1. The molecule has 1 amide bonds. The highest BCUT2D eigenvalue weighted by Gasteiger charge is 2.39. The van der Waals surface area contributed by atoms with Gasteiger partial charge in [-0.1, -0.05) is 19.9 Å². The summed E-state index contributed by atoms with van der Waals surface area (Å²) in [4.78, 5) is 28.0. The van der Waals surface area contributed by atoms with E-state index in [-0.39, 0.29) is 23.2 Å². The van der Waals surface area contributed by atoms with E-state index in [4.69, 9.17) is 10.5 Å². The molecule has 208 valence electrons. The van der Waals surface area contributed by atoms with Gasteiger partial charge in [-0.15, -0.1) is 0 Å². The fourth-order valence-electron chi connectivity index (χ4n) is 5.45. The first-order chi connectivity index (χ1) is 19.1. The number of carbonyl (C=O) groups is 1. The lowest BCUT2D eigenvalue weighted by molar-refractivity contribution is 0.102. The van der Waals surface area contributed by atoms with Crippen LogP contribution in [0, 0.1) is 17.0 Å². The number of nitrogens with zero attached hydrogens (tertiary/aromatic N) is 5. The Morgan fingerprint density at radius 2 is 1.90 bits per heavy atom. The molecule has 40 heavy (non-hydrogen) atoms. The quantitative estimate of drug-likeness (QED) is 0.392. The smallest absolute Gasteiger partial charge is 0.276 e. The molecule has 10 nitrogen and oxygen atoms in total. The third kappa shape index (κ3) is 4.42. The van der Waals surface area contributed by atoms with Gasteiger partial charge < -0.3 is 20.7 Å². The number of para-hydroxylation sites is 1. The van der Waals surface area contributed by atoms with Gasteiger partial charge in [0.1, 0.15) is 11.4 Å². The first kappa shape index (κ1) is 26.1. The van der Waals surface area contributed by atoms with Gasteiger partial charge in [-0.3, -0.25) is 14.3 Å². The first-order valence-electron chi connectivity index (χ1n) is 13.1. The van der Waals surface area contributed by atoms with Gasteiger partial charge in [-0.2, -0.15) is 14.9 Å². The van der Waals surface area contributed by atoms with Gasteiger partial charge in [0.25, 0.3) is 11.5 Å². The maximum Gasteiger partial charge on any atom is 0.276 e. The van der Waals surface area contributed by atoms with E-state index in [9.17, 15) is 18.4 Å². The van der Waals surface area contributed by atoms with Crippen molar-refractivity contribution in [3.63, 3.8) is 0 Å². The summed E-state index contributed by atoms with van der Waals surface area (Å²) in [6, 6.07) is 9.20. The van der Waals surface area contributed by atoms with Gasteiger partial charge in [-0.05, 0) is 42.2 Å². The largest absolute Gasteiger partial charge is 0.379 e. The lowest BCUT2D eigenvalue weighted by Gasteiger charge is -2.25. The van der Waals surface area contributed by atoms with E-state index >= 15 is 0 Å². The van der Waals surface area contributed by atoms with Crippen molar-refractivity contribution in [3.05, 3.63) is 76.3 Å². The number of ether oxygens (including phenoxy) is 1. The van der Waals surface area contributed by atoms with Crippen molar-refractivity contribution >= 4 is 28.2 Å². The van der Waals surface area contributed by atoms with Crippen LogP contribution in [0.25, 0.3) is 16.6 Å². The Morgan fingerprint density at radius 1 is 1.12 bits per heavy atom.